The molecule has 1 unspecified atom stereocenters. The first-order valence-corrected chi connectivity index (χ1v) is 11.1. The third kappa shape index (κ3) is 5.46. The summed E-state index contributed by atoms with van der Waals surface area (Å²) < 4.78 is 12.1. The number of piperidine rings is 1. The highest BCUT2D eigenvalue weighted by Gasteiger charge is 2.25. The lowest BCUT2D eigenvalue weighted by Gasteiger charge is -2.33. The van der Waals surface area contributed by atoms with E-state index in [0.717, 1.165) is 57.1 Å². The molecule has 0 aliphatic carbocycles. The molecule has 0 N–H and O–H groups in total. The second-order valence-electron chi connectivity index (χ2n) is 8.17. The van der Waals surface area contributed by atoms with Crippen LogP contribution < -0.4 is 9.47 Å². The van der Waals surface area contributed by atoms with Crippen molar-refractivity contribution in [1.29, 1.82) is 0 Å². The van der Waals surface area contributed by atoms with Crippen LogP contribution in [0, 0.1) is 0 Å². The zero-order chi connectivity index (χ0) is 20.9. The largest absolute Gasteiger partial charge is 0.490 e. The summed E-state index contributed by atoms with van der Waals surface area (Å²) in [5, 5.41) is 0.705. The molecular formula is C24H29ClN2O3. The number of amides is 1. The number of halogens is 1. The van der Waals surface area contributed by atoms with E-state index in [1.807, 2.05) is 47.4 Å². The smallest absolute Gasteiger partial charge is 0.223 e. The van der Waals surface area contributed by atoms with Crippen LogP contribution in [0.15, 0.2) is 48.5 Å². The molecule has 1 saturated heterocycles. The number of likely N-dealkylation sites (tertiary alicyclic amines) is 1. The van der Waals surface area contributed by atoms with Gasteiger partial charge in [0, 0.05) is 62.6 Å². The third-order valence-corrected chi connectivity index (χ3v) is 6.01. The summed E-state index contributed by atoms with van der Waals surface area (Å²) in [5.74, 6) is 2.02. The second-order valence-corrected chi connectivity index (χ2v) is 8.61. The van der Waals surface area contributed by atoms with E-state index in [4.69, 9.17) is 21.1 Å². The fourth-order valence-electron chi connectivity index (χ4n) is 4.18. The Morgan fingerprint density at radius 1 is 1.13 bits per heavy atom. The van der Waals surface area contributed by atoms with Crippen LogP contribution in [0.5, 0.6) is 11.5 Å². The van der Waals surface area contributed by atoms with Crippen molar-refractivity contribution in [3.05, 3.63) is 59.1 Å². The number of carbonyl (C=O) groups is 1. The van der Waals surface area contributed by atoms with E-state index < -0.39 is 0 Å². The highest BCUT2D eigenvalue weighted by atomic mass is 35.5. The van der Waals surface area contributed by atoms with Gasteiger partial charge in [0.1, 0.15) is 23.7 Å². The van der Waals surface area contributed by atoms with Crippen molar-refractivity contribution in [1.82, 2.24) is 9.80 Å². The third-order valence-electron chi connectivity index (χ3n) is 5.76. The van der Waals surface area contributed by atoms with Gasteiger partial charge in [-0.25, -0.2) is 0 Å². The molecular weight excluding hydrogens is 400 g/mol. The number of hydrogen-bond acceptors (Lipinski definition) is 4. The van der Waals surface area contributed by atoms with Gasteiger partial charge < -0.3 is 14.4 Å². The predicted octanol–water partition coefficient (Wildman–Crippen LogP) is 4.38. The number of hydrogen-bond donors (Lipinski definition) is 0. The van der Waals surface area contributed by atoms with Crippen molar-refractivity contribution in [2.45, 2.75) is 44.9 Å². The van der Waals surface area contributed by atoms with Gasteiger partial charge in [0.15, 0.2) is 0 Å². The van der Waals surface area contributed by atoms with Crippen molar-refractivity contribution >= 4 is 17.5 Å². The quantitative estimate of drug-likeness (QED) is 0.708. The molecule has 4 rings (SSSR count). The summed E-state index contributed by atoms with van der Waals surface area (Å²) in [6.07, 6.45) is 2.52. The van der Waals surface area contributed by atoms with Crippen LogP contribution >= 0.6 is 11.6 Å². The SMILES string of the molecule is CC1CN(CCC(=O)N2CCC(Oc3ccc(Cl)cc3)CC2)Cc2ccccc2O1. The Bertz CT molecular complexity index is 850. The summed E-state index contributed by atoms with van der Waals surface area (Å²) in [7, 11) is 0. The minimum absolute atomic E-state index is 0.115. The molecule has 160 valence electrons. The van der Waals surface area contributed by atoms with Crippen LogP contribution in [0.2, 0.25) is 5.02 Å². The molecule has 0 aromatic heterocycles. The van der Waals surface area contributed by atoms with Gasteiger partial charge >= 0.3 is 0 Å². The van der Waals surface area contributed by atoms with E-state index in [1.165, 1.54) is 5.56 Å². The zero-order valence-electron chi connectivity index (χ0n) is 17.4. The molecule has 0 radical (unpaired) electrons. The highest BCUT2D eigenvalue weighted by Crippen LogP contribution is 2.25. The van der Waals surface area contributed by atoms with E-state index in [9.17, 15) is 4.79 Å². The summed E-state index contributed by atoms with van der Waals surface area (Å²) >= 11 is 5.93. The molecule has 6 heteroatoms. The van der Waals surface area contributed by atoms with E-state index in [0.29, 0.717) is 11.4 Å². The van der Waals surface area contributed by atoms with E-state index in [2.05, 4.69) is 17.9 Å². The van der Waals surface area contributed by atoms with Crippen molar-refractivity contribution < 1.29 is 14.3 Å². The van der Waals surface area contributed by atoms with E-state index >= 15 is 0 Å². The maximum Gasteiger partial charge on any atom is 0.223 e. The molecule has 30 heavy (non-hydrogen) atoms. The number of ether oxygens (including phenoxy) is 2. The van der Waals surface area contributed by atoms with Crippen LogP contribution in [0.3, 0.4) is 0 Å². The molecule has 2 heterocycles. The number of benzene rings is 2. The first-order valence-electron chi connectivity index (χ1n) is 10.7. The normalized spacial score (nSPS) is 20.2. The Labute approximate surface area is 183 Å². The lowest BCUT2D eigenvalue weighted by atomic mass is 10.1. The molecule has 5 nitrogen and oxygen atoms in total. The van der Waals surface area contributed by atoms with Gasteiger partial charge in [-0.15, -0.1) is 0 Å². The lowest BCUT2D eigenvalue weighted by molar-refractivity contribution is -0.133. The van der Waals surface area contributed by atoms with Gasteiger partial charge in [-0.3, -0.25) is 9.69 Å². The molecule has 1 fully saturated rings. The van der Waals surface area contributed by atoms with Gasteiger partial charge in [0.05, 0.1) is 0 Å². The lowest BCUT2D eigenvalue weighted by Crippen LogP contribution is -2.43. The molecule has 1 atom stereocenters. The number of para-hydroxylation sites is 1. The van der Waals surface area contributed by atoms with Crippen LogP contribution in [0.25, 0.3) is 0 Å². The Kier molecular flexibility index (Phi) is 6.80. The van der Waals surface area contributed by atoms with Crippen LogP contribution in [0.4, 0.5) is 0 Å². The Morgan fingerprint density at radius 2 is 1.87 bits per heavy atom. The summed E-state index contributed by atoms with van der Waals surface area (Å²) in [5.41, 5.74) is 1.19. The standard InChI is InChI=1S/C24H29ClN2O3/c1-18-16-26(17-19-4-2-3-5-23(19)29-18)13-12-24(28)27-14-10-22(11-15-27)30-21-8-6-20(25)7-9-21/h2-9,18,22H,10-17H2,1H3. The summed E-state index contributed by atoms with van der Waals surface area (Å²) in [4.78, 5) is 17.1. The monoisotopic (exact) mass is 428 g/mol. The Morgan fingerprint density at radius 3 is 2.63 bits per heavy atom. The van der Waals surface area contributed by atoms with Crippen LogP contribution in [-0.4, -0.2) is 54.1 Å². The second kappa shape index (κ2) is 9.71. The first-order chi connectivity index (χ1) is 14.6. The van der Waals surface area contributed by atoms with Gasteiger partial charge in [0.2, 0.25) is 5.91 Å². The molecule has 0 spiro atoms. The molecule has 2 aromatic carbocycles. The summed E-state index contributed by atoms with van der Waals surface area (Å²) in [6, 6.07) is 15.6. The van der Waals surface area contributed by atoms with E-state index in [1.54, 1.807) is 0 Å². The molecule has 1 amide bonds. The van der Waals surface area contributed by atoms with Gasteiger partial charge in [-0.1, -0.05) is 29.8 Å². The topological polar surface area (TPSA) is 42.0 Å². The maximum atomic E-state index is 12.8. The van der Waals surface area contributed by atoms with Crippen molar-refractivity contribution in [3.8, 4) is 11.5 Å². The fraction of sp³-hybridized carbons (Fsp3) is 0.458. The van der Waals surface area contributed by atoms with E-state index in [-0.39, 0.29) is 18.1 Å². The molecule has 2 aromatic rings. The minimum Gasteiger partial charge on any atom is -0.490 e. The molecule has 0 bridgehead atoms. The van der Waals surface area contributed by atoms with Crippen molar-refractivity contribution in [2.75, 3.05) is 26.2 Å². The number of carbonyl (C=O) groups excluding carboxylic acids is 1. The first kappa shape index (κ1) is 21.0. The Balaban J connectivity index is 1.23. The predicted molar refractivity (Wildman–Crippen MR) is 118 cm³/mol. The fourth-order valence-corrected chi connectivity index (χ4v) is 4.31. The Hall–Kier alpha value is -2.24. The molecule has 0 saturated carbocycles. The molecule has 2 aliphatic rings. The average Bonchev–Trinajstić information content (AvgIpc) is 2.91. The van der Waals surface area contributed by atoms with Gasteiger partial charge in [-0.2, -0.15) is 0 Å². The zero-order valence-corrected chi connectivity index (χ0v) is 18.2. The van der Waals surface area contributed by atoms with Gasteiger partial charge in [0.25, 0.3) is 0 Å². The average molecular weight is 429 g/mol. The molecule has 2 aliphatic heterocycles. The van der Waals surface area contributed by atoms with Crippen molar-refractivity contribution in [2.24, 2.45) is 0 Å². The number of fused-ring (bicyclic) bond motifs is 1. The highest BCUT2D eigenvalue weighted by molar-refractivity contribution is 6.30. The minimum atomic E-state index is 0.115. The number of rotatable bonds is 5. The summed E-state index contributed by atoms with van der Waals surface area (Å²) in [6.45, 7) is 5.99. The van der Waals surface area contributed by atoms with Crippen LogP contribution in [-0.2, 0) is 11.3 Å². The maximum absolute atomic E-state index is 12.8. The van der Waals surface area contributed by atoms with Crippen LogP contribution in [0.1, 0.15) is 31.7 Å². The van der Waals surface area contributed by atoms with Crippen molar-refractivity contribution in [3.63, 3.8) is 0 Å². The number of nitrogens with zero attached hydrogens (tertiary/aromatic N) is 2. The van der Waals surface area contributed by atoms with Gasteiger partial charge in [-0.05, 0) is 37.3 Å².